The fourth-order valence-corrected chi connectivity index (χ4v) is 4.12. The Hall–Kier alpha value is -2.76. The van der Waals surface area contributed by atoms with E-state index in [2.05, 4.69) is 20.9 Å². The molecule has 2 aromatic carbocycles. The molecule has 1 aliphatic heterocycles. The first-order chi connectivity index (χ1) is 13.5. The summed E-state index contributed by atoms with van der Waals surface area (Å²) in [4.78, 5) is 17.5. The second-order valence-corrected chi connectivity index (χ2v) is 7.92. The molecule has 1 amide bonds. The van der Waals surface area contributed by atoms with Gasteiger partial charge >= 0.3 is 0 Å². The van der Waals surface area contributed by atoms with Gasteiger partial charge in [0.2, 0.25) is 0 Å². The summed E-state index contributed by atoms with van der Waals surface area (Å²) in [5.74, 6) is -0.129. The zero-order valence-electron chi connectivity index (χ0n) is 15.4. The third-order valence-electron chi connectivity index (χ3n) is 4.48. The summed E-state index contributed by atoms with van der Waals surface area (Å²) in [5.41, 5.74) is 5.01. The third kappa shape index (κ3) is 3.77. The molecule has 140 valence electrons. The van der Waals surface area contributed by atoms with Crippen LogP contribution in [0.4, 0.5) is 5.69 Å². The van der Waals surface area contributed by atoms with Crippen molar-refractivity contribution in [3.05, 3.63) is 87.5 Å². The number of hydrogen-bond acceptors (Lipinski definition) is 3. The van der Waals surface area contributed by atoms with Crippen LogP contribution >= 0.6 is 23.4 Å². The van der Waals surface area contributed by atoms with Crippen molar-refractivity contribution in [3.8, 4) is 5.69 Å². The van der Waals surface area contributed by atoms with E-state index in [1.807, 2.05) is 74.5 Å². The van der Waals surface area contributed by atoms with Gasteiger partial charge < -0.3 is 9.88 Å². The molecule has 6 heteroatoms. The highest BCUT2D eigenvalue weighted by molar-refractivity contribution is 8.18. The van der Waals surface area contributed by atoms with Crippen LogP contribution in [-0.4, -0.2) is 15.6 Å². The predicted octanol–water partition coefficient (Wildman–Crippen LogP) is 5.64. The van der Waals surface area contributed by atoms with E-state index in [1.165, 1.54) is 11.8 Å². The molecule has 2 heterocycles. The first-order valence-electron chi connectivity index (χ1n) is 8.81. The van der Waals surface area contributed by atoms with E-state index in [4.69, 9.17) is 11.6 Å². The highest BCUT2D eigenvalue weighted by atomic mass is 35.5. The topological polar surface area (TPSA) is 46.4 Å². The number of rotatable bonds is 3. The fourth-order valence-electron chi connectivity index (χ4n) is 3.16. The Morgan fingerprint density at radius 1 is 1.07 bits per heavy atom. The van der Waals surface area contributed by atoms with Crippen LogP contribution in [0.1, 0.15) is 17.0 Å². The van der Waals surface area contributed by atoms with Crippen LogP contribution in [0.3, 0.4) is 0 Å². The largest absolute Gasteiger partial charge is 0.318 e. The summed E-state index contributed by atoms with van der Waals surface area (Å²) in [6.45, 7) is 4.10. The lowest BCUT2D eigenvalue weighted by molar-refractivity contribution is -0.115. The Bertz CT molecular complexity index is 1100. The first-order valence-corrected chi connectivity index (χ1v) is 10.0. The molecule has 1 N–H and O–H groups in total. The number of nitrogens with one attached hydrogen (secondary N) is 1. The molecule has 4 rings (SSSR count). The molecule has 0 spiro atoms. The van der Waals surface area contributed by atoms with Crippen molar-refractivity contribution in [3.63, 3.8) is 0 Å². The van der Waals surface area contributed by atoms with E-state index in [0.717, 1.165) is 28.3 Å². The van der Waals surface area contributed by atoms with E-state index in [0.29, 0.717) is 15.1 Å². The molecule has 1 aromatic heterocycles. The Morgan fingerprint density at radius 3 is 2.50 bits per heavy atom. The van der Waals surface area contributed by atoms with Gasteiger partial charge in [0, 0.05) is 22.1 Å². The monoisotopic (exact) mass is 407 g/mol. The molecule has 0 bridgehead atoms. The molecule has 0 saturated carbocycles. The lowest BCUT2D eigenvalue weighted by Crippen LogP contribution is -2.19. The van der Waals surface area contributed by atoms with Crippen molar-refractivity contribution in [1.82, 2.24) is 9.88 Å². The van der Waals surface area contributed by atoms with Crippen molar-refractivity contribution in [1.29, 1.82) is 0 Å². The second kappa shape index (κ2) is 7.70. The zero-order valence-corrected chi connectivity index (χ0v) is 17.0. The maximum Gasteiger partial charge on any atom is 0.264 e. The molecular weight excluding hydrogens is 390 g/mol. The van der Waals surface area contributed by atoms with E-state index >= 15 is 0 Å². The van der Waals surface area contributed by atoms with Crippen molar-refractivity contribution in [2.45, 2.75) is 13.8 Å². The number of aliphatic imine (C=N–C) groups is 1. The maximum atomic E-state index is 12.4. The number of carbonyl (C=O) groups excluding carboxylic acids is 1. The van der Waals surface area contributed by atoms with Gasteiger partial charge in [-0.1, -0.05) is 29.8 Å². The minimum Gasteiger partial charge on any atom is -0.318 e. The lowest BCUT2D eigenvalue weighted by atomic mass is 10.2. The molecular formula is C22H18ClN3OS. The number of amidine groups is 1. The van der Waals surface area contributed by atoms with E-state index in [9.17, 15) is 4.79 Å². The van der Waals surface area contributed by atoms with Gasteiger partial charge in [0.25, 0.3) is 5.91 Å². The van der Waals surface area contributed by atoms with Crippen molar-refractivity contribution in [2.24, 2.45) is 4.99 Å². The van der Waals surface area contributed by atoms with Gasteiger partial charge in [0.05, 0.1) is 10.6 Å². The molecule has 1 saturated heterocycles. The molecule has 1 fully saturated rings. The highest BCUT2D eigenvalue weighted by Gasteiger charge is 2.24. The van der Waals surface area contributed by atoms with Crippen molar-refractivity contribution < 1.29 is 4.79 Å². The van der Waals surface area contributed by atoms with Gasteiger partial charge in [-0.25, -0.2) is 4.99 Å². The van der Waals surface area contributed by atoms with Crippen LogP contribution in [0.15, 0.2) is 70.6 Å². The Kier molecular flexibility index (Phi) is 5.11. The first kappa shape index (κ1) is 18.6. The second-order valence-electron chi connectivity index (χ2n) is 6.46. The van der Waals surface area contributed by atoms with Crippen LogP contribution in [0.5, 0.6) is 0 Å². The number of nitrogens with zero attached hydrogens (tertiary/aromatic N) is 2. The average Bonchev–Trinajstić information content (AvgIpc) is 3.16. The number of halogens is 1. The molecule has 0 atom stereocenters. The fraction of sp³-hybridized carbons (Fsp3) is 0.0909. The number of benzene rings is 2. The quantitative estimate of drug-likeness (QED) is 0.571. The summed E-state index contributed by atoms with van der Waals surface area (Å²) in [6, 6.07) is 19.4. The van der Waals surface area contributed by atoms with Crippen LogP contribution < -0.4 is 5.32 Å². The summed E-state index contributed by atoms with van der Waals surface area (Å²) in [5, 5.41) is 4.13. The molecule has 0 unspecified atom stereocenters. The molecule has 28 heavy (non-hydrogen) atoms. The van der Waals surface area contributed by atoms with Gasteiger partial charge in [-0.3, -0.25) is 4.79 Å². The third-order valence-corrected chi connectivity index (χ3v) is 5.64. The summed E-state index contributed by atoms with van der Waals surface area (Å²) >= 11 is 7.36. The van der Waals surface area contributed by atoms with Gasteiger partial charge in [-0.15, -0.1) is 0 Å². The molecule has 0 radical (unpaired) electrons. The van der Waals surface area contributed by atoms with Crippen LogP contribution in [0, 0.1) is 13.8 Å². The van der Waals surface area contributed by atoms with Gasteiger partial charge in [0.1, 0.15) is 0 Å². The normalized spacial score (nSPS) is 16.8. The Morgan fingerprint density at radius 2 is 1.79 bits per heavy atom. The minimum absolute atomic E-state index is 0.129. The predicted molar refractivity (Wildman–Crippen MR) is 118 cm³/mol. The van der Waals surface area contributed by atoms with Crippen molar-refractivity contribution >= 4 is 46.2 Å². The lowest BCUT2D eigenvalue weighted by Gasteiger charge is -2.09. The standard InChI is InChI=1S/C22H18ClN3OS/c1-14-12-16(15(2)26(14)19-10-8-17(23)9-11-19)13-20-21(27)25-22(28-20)24-18-6-4-3-5-7-18/h3-13H,1-2H3,(H,24,25,27)/b20-13+. The summed E-state index contributed by atoms with van der Waals surface area (Å²) in [6.07, 6.45) is 1.92. The smallest absolute Gasteiger partial charge is 0.264 e. The van der Waals surface area contributed by atoms with Gasteiger partial charge in [0.15, 0.2) is 5.17 Å². The number of carbonyl (C=O) groups is 1. The van der Waals surface area contributed by atoms with Crippen LogP contribution in [0.25, 0.3) is 11.8 Å². The number of thioether (sulfide) groups is 1. The van der Waals surface area contributed by atoms with E-state index < -0.39 is 0 Å². The summed E-state index contributed by atoms with van der Waals surface area (Å²) < 4.78 is 2.15. The van der Waals surface area contributed by atoms with E-state index in [-0.39, 0.29) is 5.91 Å². The summed E-state index contributed by atoms with van der Waals surface area (Å²) in [7, 11) is 0. The SMILES string of the molecule is Cc1cc(/C=C2/SC(=Nc3ccccc3)NC2=O)c(C)n1-c1ccc(Cl)cc1. The molecule has 4 nitrogen and oxygen atoms in total. The number of aromatic nitrogens is 1. The zero-order chi connectivity index (χ0) is 19.7. The number of hydrogen-bond donors (Lipinski definition) is 1. The maximum absolute atomic E-state index is 12.4. The minimum atomic E-state index is -0.129. The molecule has 1 aliphatic rings. The Balaban J connectivity index is 1.64. The average molecular weight is 408 g/mol. The number of aryl methyl sites for hydroxylation is 1. The number of para-hydroxylation sites is 1. The van der Waals surface area contributed by atoms with Crippen LogP contribution in [-0.2, 0) is 4.79 Å². The van der Waals surface area contributed by atoms with E-state index in [1.54, 1.807) is 0 Å². The Labute approximate surface area is 172 Å². The van der Waals surface area contributed by atoms with Gasteiger partial charge in [-0.05, 0) is 79.7 Å². The van der Waals surface area contributed by atoms with Crippen LogP contribution in [0.2, 0.25) is 5.02 Å². The number of amides is 1. The molecule has 0 aliphatic carbocycles. The van der Waals surface area contributed by atoms with Crippen molar-refractivity contribution in [2.75, 3.05) is 0 Å². The molecule has 3 aromatic rings. The van der Waals surface area contributed by atoms with Gasteiger partial charge in [-0.2, -0.15) is 0 Å². The highest BCUT2D eigenvalue weighted by Crippen LogP contribution is 2.30.